The fourth-order valence-corrected chi connectivity index (χ4v) is 1.63. The van der Waals surface area contributed by atoms with E-state index in [1.54, 1.807) is 0 Å². The van der Waals surface area contributed by atoms with E-state index in [9.17, 15) is 4.79 Å². The molecule has 0 aromatic heterocycles. The molecule has 0 spiro atoms. The number of piperazine rings is 1. The predicted octanol–water partition coefficient (Wildman–Crippen LogP) is 0.0130. The van der Waals surface area contributed by atoms with E-state index in [1.807, 2.05) is 13.0 Å². The van der Waals surface area contributed by atoms with E-state index < -0.39 is 0 Å². The highest BCUT2D eigenvalue weighted by Crippen LogP contribution is 2.08. The van der Waals surface area contributed by atoms with Crippen LogP contribution in [-0.4, -0.2) is 48.9 Å². The number of rotatable bonds is 3. The average Bonchev–Trinajstić information content (AvgIpc) is 2.15. The Morgan fingerprint density at radius 2 is 1.93 bits per heavy atom. The Kier molecular flexibility index (Phi) is 3.95. The van der Waals surface area contributed by atoms with Crippen molar-refractivity contribution in [3.8, 4) is 0 Å². The largest absolute Gasteiger partial charge is 0.365 e. The zero-order valence-corrected chi connectivity index (χ0v) is 8.99. The van der Waals surface area contributed by atoms with Gasteiger partial charge in [-0.05, 0) is 13.5 Å². The number of carbonyl (C=O) groups is 1. The molecule has 0 saturated carbocycles. The zero-order valence-electron chi connectivity index (χ0n) is 8.99. The van der Waals surface area contributed by atoms with Crippen molar-refractivity contribution >= 4 is 5.91 Å². The van der Waals surface area contributed by atoms with Gasteiger partial charge in [0, 0.05) is 26.2 Å². The number of allylic oxidation sites excluding steroid dienone is 1. The molecular formula is C10H19N3O. The van der Waals surface area contributed by atoms with Crippen molar-refractivity contribution < 1.29 is 4.79 Å². The molecule has 0 aromatic carbocycles. The maximum atomic E-state index is 11.2. The second kappa shape index (κ2) is 5.00. The Hall–Kier alpha value is -1.03. The van der Waals surface area contributed by atoms with Crippen molar-refractivity contribution in [2.45, 2.75) is 13.3 Å². The van der Waals surface area contributed by atoms with Gasteiger partial charge in [0.2, 0.25) is 0 Å². The SMILES string of the molecule is CC/C=C(/C(N)=O)N1CCN(C)CC1. The van der Waals surface area contributed by atoms with E-state index in [-0.39, 0.29) is 5.91 Å². The molecule has 1 fully saturated rings. The number of amides is 1. The van der Waals surface area contributed by atoms with Gasteiger partial charge < -0.3 is 15.5 Å². The fourth-order valence-electron chi connectivity index (χ4n) is 1.63. The van der Waals surface area contributed by atoms with Gasteiger partial charge in [-0.25, -0.2) is 0 Å². The number of hydrogen-bond donors (Lipinski definition) is 1. The summed E-state index contributed by atoms with van der Waals surface area (Å²) in [6.07, 6.45) is 2.76. The first kappa shape index (κ1) is 11.0. The summed E-state index contributed by atoms with van der Waals surface area (Å²) in [5, 5.41) is 0. The smallest absolute Gasteiger partial charge is 0.264 e. The molecule has 0 atom stereocenters. The van der Waals surface area contributed by atoms with Gasteiger partial charge in [-0.1, -0.05) is 13.0 Å². The molecule has 80 valence electrons. The molecule has 1 heterocycles. The van der Waals surface area contributed by atoms with Crippen LogP contribution in [0, 0.1) is 0 Å². The number of carbonyl (C=O) groups excluding carboxylic acids is 1. The molecule has 0 aliphatic carbocycles. The summed E-state index contributed by atoms with van der Waals surface area (Å²) in [5.41, 5.74) is 6.01. The lowest BCUT2D eigenvalue weighted by Crippen LogP contribution is -2.46. The zero-order chi connectivity index (χ0) is 10.6. The molecule has 4 nitrogen and oxygen atoms in total. The van der Waals surface area contributed by atoms with Crippen molar-refractivity contribution in [3.63, 3.8) is 0 Å². The van der Waals surface area contributed by atoms with Gasteiger partial charge in [0.05, 0.1) is 5.70 Å². The maximum absolute atomic E-state index is 11.2. The minimum atomic E-state index is -0.309. The first-order chi connectivity index (χ1) is 6.65. The highest BCUT2D eigenvalue weighted by Gasteiger charge is 2.18. The number of nitrogens with zero attached hydrogens (tertiary/aromatic N) is 2. The van der Waals surface area contributed by atoms with Gasteiger partial charge in [0.25, 0.3) is 5.91 Å². The number of likely N-dealkylation sites (N-methyl/N-ethyl adjacent to an activating group) is 1. The van der Waals surface area contributed by atoms with Crippen LogP contribution in [0.25, 0.3) is 0 Å². The minimum Gasteiger partial charge on any atom is -0.365 e. The molecule has 1 rings (SSSR count). The predicted molar refractivity (Wildman–Crippen MR) is 56.6 cm³/mol. The number of nitrogens with two attached hydrogens (primary N) is 1. The molecule has 0 unspecified atom stereocenters. The molecule has 4 heteroatoms. The molecule has 0 bridgehead atoms. The molecular weight excluding hydrogens is 178 g/mol. The van der Waals surface area contributed by atoms with Crippen molar-refractivity contribution in [3.05, 3.63) is 11.8 Å². The summed E-state index contributed by atoms with van der Waals surface area (Å²) in [7, 11) is 2.09. The lowest BCUT2D eigenvalue weighted by atomic mass is 10.2. The number of hydrogen-bond acceptors (Lipinski definition) is 3. The Balaban J connectivity index is 2.61. The highest BCUT2D eigenvalue weighted by atomic mass is 16.1. The third kappa shape index (κ3) is 2.73. The van der Waals surface area contributed by atoms with Crippen LogP contribution in [0.4, 0.5) is 0 Å². The van der Waals surface area contributed by atoms with Crippen LogP contribution in [-0.2, 0) is 4.79 Å². The Bertz CT molecular complexity index is 230. The van der Waals surface area contributed by atoms with Crippen molar-refractivity contribution in [2.75, 3.05) is 33.2 Å². The van der Waals surface area contributed by atoms with Crippen LogP contribution in [0.15, 0.2) is 11.8 Å². The van der Waals surface area contributed by atoms with Gasteiger partial charge in [0.1, 0.15) is 0 Å². The van der Waals surface area contributed by atoms with Crippen LogP contribution in [0.3, 0.4) is 0 Å². The van der Waals surface area contributed by atoms with E-state index in [1.165, 1.54) is 0 Å². The molecule has 2 N–H and O–H groups in total. The maximum Gasteiger partial charge on any atom is 0.264 e. The third-order valence-electron chi connectivity index (χ3n) is 2.49. The van der Waals surface area contributed by atoms with E-state index in [2.05, 4.69) is 16.8 Å². The summed E-state index contributed by atoms with van der Waals surface area (Å²) >= 11 is 0. The summed E-state index contributed by atoms with van der Waals surface area (Å²) in [4.78, 5) is 15.5. The Morgan fingerprint density at radius 3 is 2.36 bits per heavy atom. The quantitative estimate of drug-likeness (QED) is 0.649. The second-order valence-electron chi connectivity index (χ2n) is 3.65. The Morgan fingerprint density at radius 1 is 1.36 bits per heavy atom. The van der Waals surface area contributed by atoms with Gasteiger partial charge in [0.15, 0.2) is 0 Å². The number of primary amides is 1. The first-order valence-electron chi connectivity index (χ1n) is 5.08. The average molecular weight is 197 g/mol. The van der Waals surface area contributed by atoms with Gasteiger partial charge >= 0.3 is 0 Å². The summed E-state index contributed by atoms with van der Waals surface area (Å²) in [6, 6.07) is 0. The van der Waals surface area contributed by atoms with Crippen LogP contribution in [0.2, 0.25) is 0 Å². The Labute approximate surface area is 85.3 Å². The topological polar surface area (TPSA) is 49.6 Å². The van der Waals surface area contributed by atoms with Crippen LogP contribution >= 0.6 is 0 Å². The van der Waals surface area contributed by atoms with E-state index in [0.29, 0.717) is 5.70 Å². The van der Waals surface area contributed by atoms with E-state index in [0.717, 1.165) is 32.6 Å². The van der Waals surface area contributed by atoms with Crippen molar-refractivity contribution in [1.29, 1.82) is 0 Å². The molecule has 1 aliphatic rings. The minimum absolute atomic E-state index is 0.309. The lowest BCUT2D eigenvalue weighted by Gasteiger charge is -2.34. The third-order valence-corrected chi connectivity index (χ3v) is 2.49. The van der Waals surface area contributed by atoms with E-state index >= 15 is 0 Å². The van der Waals surface area contributed by atoms with Crippen LogP contribution in [0.1, 0.15) is 13.3 Å². The molecule has 1 saturated heterocycles. The molecule has 14 heavy (non-hydrogen) atoms. The molecule has 1 aliphatic heterocycles. The standard InChI is InChI=1S/C10H19N3O/c1-3-4-9(10(11)14)13-7-5-12(2)6-8-13/h4H,3,5-8H2,1-2H3,(H2,11,14)/b9-4-. The fraction of sp³-hybridized carbons (Fsp3) is 0.700. The van der Waals surface area contributed by atoms with Gasteiger partial charge in [-0.2, -0.15) is 0 Å². The summed E-state index contributed by atoms with van der Waals surface area (Å²) in [5.74, 6) is -0.309. The van der Waals surface area contributed by atoms with Crippen molar-refractivity contribution in [1.82, 2.24) is 9.80 Å². The molecule has 1 amide bonds. The summed E-state index contributed by atoms with van der Waals surface area (Å²) in [6.45, 7) is 5.79. The van der Waals surface area contributed by atoms with Gasteiger partial charge in [-0.15, -0.1) is 0 Å². The highest BCUT2D eigenvalue weighted by molar-refractivity contribution is 5.91. The van der Waals surface area contributed by atoms with Gasteiger partial charge in [-0.3, -0.25) is 4.79 Å². The molecule has 0 radical (unpaired) electrons. The lowest BCUT2D eigenvalue weighted by molar-refractivity contribution is -0.116. The normalized spacial score (nSPS) is 19.9. The summed E-state index contributed by atoms with van der Waals surface area (Å²) < 4.78 is 0. The first-order valence-corrected chi connectivity index (χ1v) is 5.08. The monoisotopic (exact) mass is 197 g/mol. The second-order valence-corrected chi connectivity index (χ2v) is 3.65. The molecule has 0 aromatic rings. The van der Waals surface area contributed by atoms with Crippen molar-refractivity contribution in [2.24, 2.45) is 5.73 Å². The van der Waals surface area contributed by atoms with Crippen LogP contribution < -0.4 is 5.73 Å². The van der Waals surface area contributed by atoms with Crippen LogP contribution in [0.5, 0.6) is 0 Å². The van der Waals surface area contributed by atoms with E-state index in [4.69, 9.17) is 5.73 Å².